The number of halogens is 4. The molecule has 0 spiro atoms. The third kappa shape index (κ3) is 4.61. The predicted molar refractivity (Wildman–Crippen MR) is 89.8 cm³/mol. The molecule has 0 aliphatic carbocycles. The van der Waals surface area contributed by atoms with E-state index in [1.165, 1.54) is 24.5 Å². The fourth-order valence-electron chi connectivity index (χ4n) is 2.25. The lowest BCUT2D eigenvalue weighted by Crippen LogP contribution is -2.36. The summed E-state index contributed by atoms with van der Waals surface area (Å²) in [4.78, 5) is 1.14. The molecule has 28 heavy (non-hydrogen) atoms. The van der Waals surface area contributed by atoms with E-state index in [1.807, 2.05) is 0 Å². The molecular formula is C19H13F4N3O2. The Bertz CT molecular complexity index is 947. The van der Waals surface area contributed by atoms with Gasteiger partial charge < -0.3 is 9.84 Å². The molecule has 5 nitrogen and oxygen atoms in total. The third-order valence-electron chi connectivity index (χ3n) is 3.62. The number of alkyl halides is 4. The molecule has 0 aliphatic rings. The maximum Gasteiger partial charge on any atom is 0.461 e. The Morgan fingerprint density at radius 1 is 1.00 bits per heavy atom. The highest BCUT2D eigenvalue weighted by molar-refractivity contribution is 5.90. The quantitative estimate of drug-likeness (QED) is 0.281. The van der Waals surface area contributed by atoms with Crippen LogP contribution in [0, 0.1) is 0 Å². The molecule has 3 rings (SSSR count). The van der Waals surface area contributed by atoms with Crippen LogP contribution < -0.4 is 14.6 Å². The molecule has 0 radical (unpaired) electrons. The largest absolute Gasteiger partial charge is 0.854 e. The lowest BCUT2D eigenvalue weighted by Gasteiger charge is -2.17. The van der Waals surface area contributed by atoms with Crippen molar-refractivity contribution in [1.29, 1.82) is 0 Å². The summed E-state index contributed by atoms with van der Waals surface area (Å²) in [6.07, 6.45) is -5.47. The van der Waals surface area contributed by atoms with Crippen LogP contribution in [-0.2, 0) is 0 Å². The molecule has 0 aliphatic heterocycles. The van der Waals surface area contributed by atoms with Gasteiger partial charge in [0.1, 0.15) is 5.75 Å². The third-order valence-corrected chi connectivity index (χ3v) is 3.62. The summed E-state index contributed by atoms with van der Waals surface area (Å²) in [6.45, 7) is 0. The number of hydrogen-bond acceptors (Lipinski definition) is 4. The zero-order chi connectivity index (χ0) is 20.1. The highest BCUT2D eigenvalue weighted by Crippen LogP contribution is 2.29. The minimum Gasteiger partial charge on any atom is -0.854 e. The summed E-state index contributed by atoms with van der Waals surface area (Å²) in [5.41, 5.74) is 1.65. The van der Waals surface area contributed by atoms with Gasteiger partial charge in [-0.3, -0.25) is 0 Å². The van der Waals surface area contributed by atoms with Crippen molar-refractivity contribution in [2.45, 2.75) is 12.5 Å². The second-order valence-corrected chi connectivity index (χ2v) is 5.59. The first-order valence-corrected chi connectivity index (χ1v) is 8.00. The van der Waals surface area contributed by atoms with Crippen LogP contribution in [0.3, 0.4) is 0 Å². The van der Waals surface area contributed by atoms with E-state index < -0.39 is 18.4 Å². The fourth-order valence-corrected chi connectivity index (χ4v) is 2.25. The summed E-state index contributed by atoms with van der Waals surface area (Å²) in [5, 5.41) is 19.8. The van der Waals surface area contributed by atoms with Crippen LogP contribution in [-0.4, -0.2) is 23.5 Å². The van der Waals surface area contributed by atoms with E-state index in [1.54, 1.807) is 36.4 Å². The summed E-state index contributed by atoms with van der Waals surface area (Å²) < 4.78 is 54.2. The summed E-state index contributed by atoms with van der Waals surface area (Å²) in [6, 6.07) is 15.0. The minimum absolute atomic E-state index is 0.332. The van der Waals surface area contributed by atoms with Crippen molar-refractivity contribution in [3.05, 3.63) is 78.6 Å². The Balaban J connectivity index is 1.74. The monoisotopic (exact) mass is 391 g/mol. The van der Waals surface area contributed by atoms with Crippen molar-refractivity contribution in [2.24, 2.45) is 5.10 Å². The van der Waals surface area contributed by atoms with Gasteiger partial charge in [-0.1, -0.05) is 36.4 Å². The molecule has 0 saturated heterocycles. The molecule has 1 heterocycles. The van der Waals surface area contributed by atoms with Gasteiger partial charge in [-0.25, -0.2) is 0 Å². The zero-order valence-electron chi connectivity index (χ0n) is 14.2. The van der Waals surface area contributed by atoms with E-state index in [-0.39, 0.29) is 5.75 Å². The molecule has 2 aromatic carbocycles. The highest BCUT2D eigenvalue weighted by Gasteiger charge is 2.43. The fraction of sp³-hybridized carbons (Fsp3) is 0.105. The van der Waals surface area contributed by atoms with Gasteiger partial charge in [0, 0.05) is 16.3 Å². The average Bonchev–Trinajstić information content (AvgIpc) is 2.69. The number of aromatic nitrogens is 2. The van der Waals surface area contributed by atoms with Crippen molar-refractivity contribution in [2.75, 3.05) is 0 Å². The van der Waals surface area contributed by atoms with Crippen LogP contribution in [0.5, 0.6) is 5.75 Å². The lowest BCUT2D eigenvalue weighted by atomic mass is 10.0. The number of nitrogens with zero attached hydrogens (tertiary/aromatic N) is 3. The average molecular weight is 391 g/mol. The van der Waals surface area contributed by atoms with E-state index in [2.05, 4.69) is 14.9 Å². The highest BCUT2D eigenvalue weighted by atomic mass is 19.3. The van der Waals surface area contributed by atoms with E-state index >= 15 is 0 Å². The lowest BCUT2D eigenvalue weighted by molar-refractivity contribution is -0.739. The topological polar surface area (TPSA) is 61.4 Å². The number of benzene rings is 2. The molecular weight excluding hydrogens is 378 g/mol. The van der Waals surface area contributed by atoms with E-state index in [0.717, 1.165) is 16.9 Å². The number of hydrogen-bond donors (Lipinski definition) is 0. The van der Waals surface area contributed by atoms with Crippen molar-refractivity contribution in [1.82, 2.24) is 5.10 Å². The number of rotatable bonds is 6. The Kier molecular flexibility index (Phi) is 5.53. The van der Waals surface area contributed by atoms with Crippen molar-refractivity contribution >= 4 is 5.90 Å². The van der Waals surface area contributed by atoms with E-state index in [4.69, 9.17) is 0 Å². The van der Waals surface area contributed by atoms with Crippen molar-refractivity contribution in [3.63, 3.8) is 0 Å². The van der Waals surface area contributed by atoms with Gasteiger partial charge in [-0.2, -0.15) is 17.6 Å². The maximum atomic E-state index is 12.9. The van der Waals surface area contributed by atoms with Gasteiger partial charge in [0.05, 0.1) is 16.9 Å². The standard InChI is InChI=1S/C19H13F4N3O2/c20-18(21)19(22,23)28-16-9-7-14(8-10-16)13-3-5-15(6-4-13)17(27)25-26-12-2-1-11-24-26/h1-12,18H. The molecule has 3 aromatic rings. The summed E-state index contributed by atoms with van der Waals surface area (Å²) in [7, 11) is 0. The molecule has 0 atom stereocenters. The van der Waals surface area contributed by atoms with Crippen LogP contribution in [0.1, 0.15) is 5.56 Å². The zero-order valence-corrected chi connectivity index (χ0v) is 14.2. The molecule has 0 unspecified atom stereocenters. The van der Waals surface area contributed by atoms with Crippen LogP contribution in [0.2, 0.25) is 0 Å². The summed E-state index contributed by atoms with van der Waals surface area (Å²) in [5.74, 6) is -0.875. The first kappa shape index (κ1) is 19.3. The molecule has 0 fully saturated rings. The van der Waals surface area contributed by atoms with Gasteiger partial charge in [-0.15, -0.1) is 0 Å². The summed E-state index contributed by atoms with van der Waals surface area (Å²) >= 11 is 0. The van der Waals surface area contributed by atoms with E-state index in [0.29, 0.717) is 16.7 Å². The normalized spacial score (nSPS) is 12.2. The Hall–Kier alpha value is -3.49. The first-order chi connectivity index (χ1) is 13.3. The maximum absolute atomic E-state index is 12.9. The Labute approximate surface area is 157 Å². The second-order valence-electron chi connectivity index (χ2n) is 5.59. The molecule has 144 valence electrons. The van der Waals surface area contributed by atoms with Gasteiger partial charge in [-0.05, 0) is 34.9 Å². The minimum atomic E-state index is -4.56. The first-order valence-electron chi connectivity index (χ1n) is 8.00. The Morgan fingerprint density at radius 3 is 2.14 bits per heavy atom. The Morgan fingerprint density at radius 2 is 1.61 bits per heavy atom. The molecule has 0 bridgehead atoms. The van der Waals surface area contributed by atoms with Crippen LogP contribution in [0.25, 0.3) is 11.1 Å². The predicted octanol–water partition coefficient (Wildman–Crippen LogP) is 2.84. The number of ether oxygens (including phenoxy) is 1. The van der Waals surface area contributed by atoms with Gasteiger partial charge in [0.2, 0.25) is 6.20 Å². The van der Waals surface area contributed by atoms with Crippen LogP contribution in [0.4, 0.5) is 17.6 Å². The van der Waals surface area contributed by atoms with E-state index in [9.17, 15) is 22.7 Å². The van der Waals surface area contributed by atoms with Gasteiger partial charge >= 0.3 is 12.5 Å². The molecule has 0 N–H and O–H groups in total. The molecule has 0 saturated carbocycles. The van der Waals surface area contributed by atoms with Crippen molar-refractivity contribution in [3.8, 4) is 16.9 Å². The van der Waals surface area contributed by atoms with Gasteiger partial charge in [0.15, 0.2) is 0 Å². The molecule has 9 heteroatoms. The second kappa shape index (κ2) is 8.03. The SMILES string of the molecule is [O-]/C(=N\[n+]1ccccn1)c1ccc(-c2ccc(OC(F)(F)C(F)F)cc2)cc1. The molecule has 1 aromatic heterocycles. The van der Waals surface area contributed by atoms with Gasteiger partial charge in [0.25, 0.3) is 0 Å². The molecule has 0 amide bonds. The smallest absolute Gasteiger partial charge is 0.461 e. The van der Waals surface area contributed by atoms with Crippen LogP contribution >= 0.6 is 0 Å². The van der Waals surface area contributed by atoms with Crippen LogP contribution in [0.15, 0.2) is 78.2 Å². The van der Waals surface area contributed by atoms with Crippen molar-refractivity contribution < 1.29 is 32.2 Å².